The molecule has 0 bridgehead atoms. The number of thiazole rings is 1. The third-order valence-corrected chi connectivity index (χ3v) is 5.31. The third-order valence-electron chi connectivity index (χ3n) is 4.12. The van der Waals surface area contributed by atoms with Crippen LogP contribution in [0.25, 0.3) is 10.6 Å². The van der Waals surface area contributed by atoms with E-state index in [0.717, 1.165) is 21.1 Å². The molecule has 134 valence electrons. The molecule has 5 heteroatoms. The minimum absolute atomic E-state index is 0.140. The molecular formula is C21H22N2O2S. The van der Waals surface area contributed by atoms with E-state index in [1.54, 1.807) is 18.3 Å². The first-order valence-electron chi connectivity index (χ1n) is 8.56. The van der Waals surface area contributed by atoms with Gasteiger partial charge in [-0.2, -0.15) is 0 Å². The Kier molecular flexibility index (Phi) is 5.68. The van der Waals surface area contributed by atoms with Crippen molar-refractivity contribution in [1.29, 1.82) is 0 Å². The SMILES string of the molecule is Cc1ccccc1-c1nc(C)c(CNC(=O)[C@@H](C)Oc2ccccc2)s1. The number of para-hydroxylation sites is 1. The molecule has 1 N–H and O–H groups in total. The number of nitrogens with zero attached hydrogens (tertiary/aromatic N) is 1. The van der Waals surface area contributed by atoms with Crippen molar-refractivity contribution in [2.45, 2.75) is 33.4 Å². The first kappa shape index (κ1) is 18.1. The van der Waals surface area contributed by atoms with Gasteiger partial charge < -0.3 is 10.1 Å². The Hall–Kier alpha value is -2.66. The largest absolute Gasteiger partial charge is 0.481 e. The Morgan fingerprint density at radius 1 is 1.12 bits per heavy atom. The van der Waals surface area contributed by atoms with Gasteiger partial charge >= 0.3 is 0 Å². The number of hydrogen-bond donors (Lipinski definition) is 1. The van der Waals surface area contributed by atoms with E-state index in [1.165, 1.54) is 5.56 Å². The lowest BCUT2D eigenvalue weighted by Gasteiger charge is -2.14. The molecule has 0 saturated carbocycles. The summed E-state index contributed by atoms with van der Waals surface area (Å²) < 4.78 is 5.66. The van der Waals surface area contributed by atoms with E-state index < -0.39 is 6.10 Å². The maximum Gasteiger partial charge on any atom is 0.261 e. The maximum absolute atomic E-state index is 12.3. The summed E-state index contributed by atoms with van der Waals surface area (Å²) >= 11 is 1.62. The second-order valence-corrected chi connectivity index (χ2v) is 7.22. The van der Waals surface area contributed by atoms with Crippen LogP contribution in [0, 0.1) is 13.8 Å². The zero-order chi connectivity index (χ0) is 18.5. The molecule has 0 spiro atoms. The number of aryl methyl sites for hydroxylation is 2. The fourth-order valence-electron chi connectivity index (χ4n) is 2.59. The zero-order valence-corrected chi connectivity index (χ0v) is 16.0. The van der Waals surface area contributed by atoms with Crippen molar-refractivity contribution >= 4 is 17.2 Å². The summed E-state index contributed by atoms with van der Waals surface area (Å²) in [6, 6.07) is 17.5. The van der Waals surface area contributed by atoms with E-state index >= 15 is 0 Å². The smallest absolute Gasteiger partial charge is 0.261 e. The maximum atomic E-state index is 12.3. The van der Waals surface area contributed by atoms with E-state index in [9.17, 15) is 4.79 Å². The summed E-state index contributed by atoms with van der Waals surface area (Å²) in [6.07, 6.45) is -0.554. The van der Waals surface area contributed by atoms with Gasteiger partial charge in [-0.3, -0.25) is 4.79 Å². The quantitative estimate of drug-likeness (QED) is 0.698. The third kappa shape index (κ3) is 4.29. The Morgan fingerprint density at radius 2 is 1.81 bits per heavy atom. The molecule has 3 rings (SSSR count). The molecule has 1 amide bonds. The lowest BCUT2D eigenvalue weighted by molar-refractivity contribution is -0.127. The van der Waals surface area contributed by atoms with Gasteiger partial charge in [0.15, 0.2) is 6.10 Å². The fraction of sp³-hybridized carbons (Fsp3) is 0.238. The molecule has 0 unspecified atom stereocenters. The van der Waals surface area contributed by atoms with Gasteiger partial charge in [0.2, 0.25) is 0 Å². The molecule has 0 saturated heterocycles. The molecule has 1 aromatic heterocycles. The summed E-state index contributed by atoms with van der Waals surface area (Å²) in [7, 11) is 0. The van der Waals surface area contributed by atoms with Gasteiger partial charge in [-0.25, -0.2) is 4.98 Å². The van der Waals surface area contributed by atoms with Crippen LogP contribution in [0.5, 0.6) is 5.75 Å². The molecule has 3 aromatic rings. The van der Waals surface area contributed by atoms with Crippen LogP contribution in [0.1, 0.15) is 23.1 Å². The Labute approximate surface area is 157 Å². The summed E-state index contributed by atoms with van der Waals surface area (Å²) in [6.45, 7) is 6.26. The normalized spacial score (nSPS) is 11.8. The van der Waals surface area contributed by atoms with Crippen LogP contribution < -0.4 is 10.1 Å². The molecule has 0 aliphatic rings. The van der Waals surface area contributed by atoms with Crippen molar-refractivity contribution in [1.82, 2.24) is 10.3 Å². The first-order valence-corrected chi connectivity index (χ1v) is 9.38. The van der Waals surface area contributed by atoms with Crippen molar-refractivity contribution in [3.8, 4) is 16.3 Å². The van der Waals surface area contributed by atoms with Crippen LogP contribution in [0.3, 0.4) is 0 Å². The Bertz CT molecular complexity index is 890. The molecule has 4 nitrogen and oxygen atoms in total. The van der Waals surface area contributed by atoms with Crippen LogP contribution in [-0.4, -0.2) is 17.0 Å². The number of nitrogens with one attached hydrogen (secondary N) is 1. The van der Waals surface area contributed by atoms with Crippen molar-refractivity contribution in [3.05, 3.63) is 70.7 Å². The van der Waals surface area contributed by atoms with Crippen LogP contribution in [0.2, 0.25) is 0 Å². The summed E-state index contributed by atoms with van der Waals surface area (Å²) in [4.78, 5) is 18.0. The number of rotatable bonds is 6. The van der Waals surface area contributed by atoms with Gasteiger partial charge in [0.25, 0.3) is 5.91 Å². The molecule has 0 aliphatic carbocycles. The fourth-order valence-corrected chi connectivity index (χ4v) is 3.68. The lowest BCUT2D eigenvalue weighted by Crippen LogP contribution is -2.35. The average Bonchev–Trinajstić information content (AvgIpc) is 3.01. The summed E-state index contributed by atoms with van der Waals surface area (Å²) in [5.74, 6) is 0.546. The lowest BCUT2D eigenvalue weighted by atomic mass is 10.1. The van der Waals surface area contributed by atoms with Gasteiger partial charge in [0.05, 0.1) is 12.2 Å². The highest BCUT2D eigenvalue weighted by Crippen LogP contribution is 2.30. The Balaban J connectivity index is 1.63. The van der Waals surface area contributed by atoms with E-state index in [2.05, 4.69) is 29.4 Å². The van der Waals surface area contributed by atoms with Gasteiger partial charge in [-0.1, -0.05) is 42.5 Å². The van der Waals surface area contributed by atoms with Gasteiger partial charge in [-0.15, -0.1) is 11.3 Å². The van der Waals surface area contributed by atoms with Gasteiger partial charge in [-0.05, 0) is 38.5 Å². The molecule has 1 atom stereocenters. The molecule has 1 heterocycles. The van der Waals surface area contributed by atoms with E-state index in [0.29, 0.717) is 12.3 Å². The first-order chi connectivity index (χ1) is 12.5. The van der Waals surface area contributed by atoms with Crippen LogP contribution in [0.4, 0.5) is 0 Å². The minimum Gasteiger partial charge on any atom is -0.481 e. The number of aromatic nitrogens is 1. The van der Waals surface area contributed by atoms with Gasteiger partial charge in [0.1, 0.15) is 10.8 Å². The number of ether oxygens (including phenoxy) is 1. The number of amides is 1. The van der Waals surface area contributed by atoms with Crippen LogP contribution in [-0.2, 0) is 11.3 Å². The predicted molar refractivity (Wildman–Crippen MR) is 105 cm³/mol. The van der Waals surface area contributed by atoms with E-state index in [1.807, 2.05) is 49.4 Å². The topological polar surface area (TPSA) is 51.2 Å². The molecule has 0 radical (unpaired) electrons. The van der Waals surface area contributed by atoms with Gasteiger partial charge in [0, 0.05) is 10.4 Å². The van der Waals surface area contributed by atoms with E-state index in [-0.39, 0.29) is 5.91 Å². The average molecular weight is 366 g/mol. The number of hydrogen-bond acceptors (Lipinski definition) is 4. The molecule has 0 aliphatic heterocycles. The molecule has 0 fully saturated rings. The molecular weight excluding hydrogens is 344 g/mol. The van der Waals surface area contributed by atoms with E-state index in [4.69, 9.17) is 4.74 Å². The van der Waals surface area contributed by atoms with Crippen LogP contribution in [0.15, 0.2) is 54.6 Å². The Morgan fingerprint density at radius 3 is 2.54 bits per heavy atom. The number of carbonyl (C=O) groups is 1. The second kappa shape index (κ2) is 8.15. The minimum atomic E-state index is -0.554. The highest BCUT2D eigenvalue weighted by atomic mass is 32.1. The van der Waals surface area contributed by atoms with Crippen molar-refractivity contribution < 1.29 is 9.53 Å². The highest BCUT2D eigenvalue weighted by molar-refractivity contribution is 7.15. The standard InChI is InChI=1S/C21H22N2O2S/c1-14-9-7-8-12-18(14)21-23-15(2)19(26-21)13-22-20(24)16(3)25-17-10-5-4-6-11-17/h4-12,16H,13H2,1-3H3,(H,22,24)/t16-/m1/s1. The summed E-state index contributed by atoms with van der Waals surface area (Å²) in [5, 5.41) is 3.93. The number of carbonyl (C=O) groups excluding carboxylic acids is 1. The highest BCUT2D eigenvalue weighted by Gasteiger charge is 2.16. The predicted octanol–water partition coefficient (Wildman–Crippen LogP) is 4.51. The van der Waals surface area contributed by atoms with Crippen molar-refractivity contribution in [2.75, 3.05) is 0 Å². The summed E-state index contributed by atoms with van der Waals surface area (Å²) in [5.41, 5.74) is 3.28. The zero-order valence-electron chi connectivity index (χ0n) is 15.2. The molecule has 26 heavy (non-hydrogen) atoms. The molecule has 2 aromatic carbocycles. The number of benzene rings is 2. The second-order valence-electron chi connectivity index (χ2n) is 6.13. The van der Waals surface area contributed by atoms with Crippen molar-refractivity contribution in [3.63, 3.8) is 0 Å². The van der Waals surface area contributed by atoms with Crippen LogP contribution >= 0.6 is 11.3 Å². The van der Waals surface area contributed by atoms with Crippen molar-refractivity contribution in [2.24, 2.45) is 0 Å². The monoisotopic (exact) mass is 366 g/mol.